The molecule has 0 radical (unpaired) electrons. The molecule has 0 saturated heterocycles. The van der Waals surface area contributed by atoms with E-state index in [1.807, 2.05) is 6.20 Å². The average Bonchev–Trinajstić information content (AvgIpc) is 2.70. The molecule has 0 saturated carbocycles. The molecule has 1 aliphatic rings. The Labute approximate surface area is 95.3 Å². The average molecular weight is 216 g/mol. The maximum Gasteiger partial charge on any atom is 0.224 e. The molecule has 0 atom stereocenters. The molecule has 0 aliphatic heterocycles. The first-order chi connectivity index (χ1) is 7.81. The molecule has 0 aromatic carbocycles. The van der Waals surface area contributed by atoms with Crippen molar-refractivity contribution in [3.8, 4) is 0 Å². The SMILES string of the molecule is C=CCNC(=O)Cc1c[nH]c2c1C=CCC2. The molecule has 3 heteroatoms. The third-order valence-electron chi connectivity index (χ3n) is 2.73. The highest BCUT2D eigenvalue weighted by Crippen LogP contribution is 2.22. The van der Waals surface area contributed by atoms with E-state index in [1.165, 1.54) is 11.3 Å². The number of aromatic amines is 1. The van der Waals surface area contributed by atoms with Gasteiger partial charge in [-0.05, 0) is 24.0 Å². The molecule has 1 aromatic rings. The third-order valence-corrected chi connectivity index (χ3v) is 2.73. The summed E-state index contributed by atoms with van der Waals surface area (Å²) < 4.78 is 0. The summed E-state index contributed by atoms with van der Waals surface area (Å²) in [5, 5.41) is 2.78. The number of nitrogens with one attached hydrogen (secondary N) is 2. The molecule has 16 heavy (non-hydrogen) atoms. The summed E-state index contributed by atoms with van der Waals surface area (Å²) in [5.41, 5.74) is 3.52. The largest absolute Gasteiger partial charge is 0.364 e. The van der Waals surface area contributed by atoms with Crippen LogP contribution in [0, 0.1) is 0 Å². The molecule has 1 aliphatic carbocycles. The zero-order chi connectivity index (χ0) is 11.4. The summed E-state index contributed by atoms with van der Waals surface area (Å²) in [5.74, 6) is 0.0423. The number of aromatic nitrogens is 1. The Hall–Kier alpha value is -1.77. The van der Waals surface area contributed by atoms with Crippen LogP contribution in [-0.2, 0) is 17.6 Å². The maximum atomic E-state index is 11.6. The van der Waals surface area contributed by atoms with Gasteiger partial charge in [-0.25, -0.2) is 0 Å². The van der Waals surface area contributed by atoms with E-state index >= 15 is 0 Å². The lowest BCUT2D eigenvalue weighted by molar-refractivity contribution is -0.120. The van der Waals surface area contributed by atoms with Gasteiger partial charge in [0.25, 0.3) is 0 Å². The van der Waals surface area contributed by atoms with Crippen molar-refractivity contribution in [1.82, 2.24) is 10.3 Å². The summed E-state index contributed by atoms with van der Waals surface area (Å²) >= 11 is 0. The van der Waals surface area contributed by atoms with Crippen molar-refractivity contribution in [2.75, 3.05) is 6.54 Å². The number of hydrogen-bond donors (Lipinski definition) is 2. The van der Waals surface area contributed by atoms with E-state index in [1.54, 1.807) is 6.08 Å². The molecular weight excluding hydrogens is 200 g/mol. The van der Waals surface area contributed by atoms with E-state index in [0.717, 1.165) is 18.4 Å². The number of H-pyrrole nitrogens is 1. The highest BCUT2D eigenvalue weighted by molar-refractivity contribution is 5.80. The quantitative estimate of drug-likeness (QED) is 0.741. The predicted octanol–water partition coefficient (Wildman–Crippen LogP) is 1.82. The van der Waals surface area contributed by atoms with E-state index in [4.69, 9.17) is 0 Å². The highest BCUT2D eigenvalue weighted by Gasteiger charge is 2.13. The Morgan fingerprint density at radius 2 is 2.50 bits per heavy atom. The van der Waals surface area contributed by atoms with E-state index < -0.39 is 0 Å². The second-order valence-electron chi connectivity index (χ2n) is 3.92. The van der Waals surface area contributed by atoms with Crippen LogP contribution in [-0.4, -0.2) is 17.4 Å². The third kappa shape index (κ3) is 2.24. The van der Waals surface area contributed by atoms with Gasteiger partial charge in [0, 0.05) is 18.4 Å². The lowest BCUT2D eigenvalue weighted by Gasteiger charge is -2.07. The van der Waals surface area contributed by atoms with Crippen LogP contribution in [0.4, 0.5) is 0 Å². The van der Waals surface area contributed by atoms with Gasteiger partial charge in [0.1, 0.15) is 0 Å². The van der Waals surface area contributed by atoms with E-state index in [2.05, 4.69) is 29.0 Å². The first kappa shape index (κ1) is 10.7. The van der Waals surface area contributed by atoms with Gasteiger partial charge in [0.15, 0.2) is 0 Å². The highest BCUT2D eigenvalue weighted by atomic mass is 16.1. The van der Waals surface area contributed by atoms with Crippen molar-refractivity contribution in [2.45, 2.75) is 19.3 Å². The fourth-order valence-electron chi connectivity index (χ4n) is 1.93. The van der Waals surface area contributed by atoms with Crippen LogP contribution in [0.5, 0.6) is 0 Å². The van der Waals surface area contributed by atoms with Gasteiger partial charge >= 0.3 is 0 Å². The van der Waals surface area contributed by atoms with Crippen molar-refractivity contribution in [3.05, 3.63) is 41.7 Å². The Balaban J connectivity index is 2.05. The predicted molar refractivity (Wildman–Crippen MR) is 65.1 cm³/mol. The van der Waals surface area contributed by atoms with Gasteiger partial charge in [-0.15, -0.1) is 6.58 Å². The number of hydrogen-bond acceptors (Lipinski definition) is 1. The van der Waals surface area contributed by atoms with Gasteiger partial charge in [-0.2, -0.15) is 0 Å². The minimum Gasteiger partial charge on any atom is -0.364 e. The second-order valence-corrected chi connectivity index (χ2v) is 3.92. The van der Waals surface area contributed by atoms with Crippen LogP contribution in [0.2, 0.25) is 0 Å². The number of carbonyl (C=O) groups is 1. The first-order valence-electron chi connectivity index (χ1n) is 5.54. The van der Waals surface area contributed by atoms with Crippen molar-refractivity contribution >= 4 is 12.0 Å². The van der Waals surface area contributed by atoms with Crippen LogP contribution in [0.1, 0.15) is 23.2 Å². The number of fused-ring (bicyclic) bond motifs is 1. The zero-order valence-electron chi connectivity index (χ0n) is 9.25. The van der Waals surface area contributed by atoms with Crippen LogP contribution in [0.25, 0.3) is 6.08 Å². The molecule has 2 N–H and O–H groups in total. The molecular formula is C13H16N2O. The van der Waals surface area contributed by atoms with Gasteiger partial charge in [0.05, 0.1) is 6.42 Å². The maximum absolute atomic E-state index is 11.6. The van der Waals surface area contributed by atoms with Crippen LogP contribution in [0.3, 0.4) is 0 Å². The van der Waals surface area contributed by atoms with E-state index in [0.29, 0.717) is 13.0 Å². The van der Waals surface area contributed by atoms with E-state index in [-0.39, 0.29) is 5.91 Å². The van der Waals surface area contributed by atoms with Crippen LogP contribution in [0.15, 0.2) is 24.9 Å². The summed E-state index contributed by atoms with van der Waals surface area (Å²) in [4.78, 5) is 14.8. The molecule has 3 nitrogen and oxygen atoms in total. The molecule has 0 bridgehead atoms. The van der Waals surface area contributed by atoms with Crippen molar-refractivity contribution in [1.29, 1.82) is 0 Å². The monoisotopic (exact) mass is 216 g/mol. The molecule has 1 amide bonds. The lowest BCUT2D eigenvalue weighted by Crippen LogP contribution is -2.25. The van der Waals surface area contributed by atoms with Crippen molar-refractivity contribution < 1.29 is 4.79 Å². The zero-order valence-corrected chi connectivity index (χ0v) is 9.25. The smallest absolute Gasteiger partial charge is 0.224 e. The Morgan fingerprint density at radius 3 is 3.31 bits per heavy atom. The lowest BCUT2D eigenvalue weighted by atomic mass is 10.0. The van der Waals surface area contributed by atoms with Gasteiger partial charge < -0.3 is 10.3 Å². The Morgan fingerprint density at radius 1 is 1.62 bits per heavy atom. The standard InChI is InChI=1S/C13H16N2O/c1-2-7-14-13(16)8-10-9-15-12-6-4-3-5-11(10)12/h2-3,5,9,15H,1,4,6-8H2,(H,14,16). The summed E-state index contributed by atoms with van der Waals surface area (Å²) in [6.45, 7) is 4.10. The number of aryl methyl sites for hydroxylation is 1. The minimum absolute atomic E-state index is 0.0423. The Kier molecular flexibility index (Phi) is 3.25. The molecule has 0 fully saturated rings. The minimum atomic E-state index is 0.0423. The number of rotatable bonds is 4. The van der Waals surface area contributed by atoms with Crippen LogP contribution >= 0.6 is 0 Å². The van der Waals surface area contributed by atoms with Gasteiger partial charge in [-0.3, -0.25) is 4.79 Å². The normalized spacial score (nSPS) is 13.2. The fourth-order valence-corrected chi connectivity index (χ4v) is 1.93. The second kappa shape index (κ2) is 4.84. The topological polar surface area (TPSA) is 44.9 Å². The first-order valence-corrected chi connectivity index (χ1v) is 5.54. The van der Waals surface area contributed by atoms with E-state index in [9.17, 15) is 4.79 Å². The van der Waals surface area contributed by atoms with Crippen molar-refractivity contribution in [2.24, 2.45) is 0 Å². The molecule has 0 unspecified atom stereocenters. The fraction of sp³-hybridized carbons (Fsp3) is 0.308. The summed E-state index contributed by atoms with van der Waals surface area (Å²) in [6, 6.07) is 0. The molecule has 84 valence electrons. The van der Waals surface area contributed by atoms with Crippen molar-refractivity contribution in [3.63, 3.8) is 0 Å². The summed E-state index contributed by atoms with van der Waals surface area (Å²) in [7, 11) is 0. The summed E-state index contributed by atoms with van der Waals surface area (Å²) in [6.07, 6.45) is 10.4. The number of carbonyl (C=O) groups excluding carboxylic acids is 1. The van der Waals surface area contributed by atoms with Gasteiger partial charge in [0.2, 0.25) is 5.91 Å². The number of amides is 1. The molecule has 2 rings (SSSR count). The molecule has 0 spiro atoms. The number of allylic oxidation sites excluding steroid dienone is 1. The van der Waals surface area contributed by atoms with Gasteiger partial charge in [-0.1, -0.05) is 18.2 Å². The molecule has 1 aromatic heterocycles. The van der Waals surface area contributed by atoms with Crippen LogP contribution < -0.4 is 5.32 Å². The Bertz CT molecular complexity index is 429. The molecule has 1 heterocycles.